The van der Waals surface area contributed by atoms with Crippen molar-refractivity contribution in [2.24, 2.45) is 0 Å². The molecule has 0 saturated carbocycles. The second-order valence-corrected chi connectivity index (χ2v) is 7.57. The summed E-state index contributed by atoms with van der Waals surface area (Å²) in [5.74, 6) is -1.44. The molecule has 192 valence electrons. The highest BCUT2D eigenvalue weighted by Gasteiger charge is 2.23. The number of aromatic nitrogens is 4. The van der Waals surface area contributed by atoms with Crippen LogP contribution < -0.4 is 21.7 Å². The van der Waals surface area contributed by atoms with E-state index in [0.29, 0.717) is 29.0 Å². The third-order valence-electron chi connectivity index (χ3n) is 5.13. The first-order valence-electron chi connectivity index (χ1n) is 10.5. The van der Waals surface area contributed by atoms with Crippen molar-refractivity contribution in [1.82, 2.24) is 25.3 Å². The lowest BCUT2D eigenvalue weighted by Crippen LogP contribution is -2.41. The summed E-state index contributed by atoms with van der Waals surface area (Å²) < 4.78 is 9.30. The van der Waals surface area contributed by atoms with Gasteiger partial charge in [0, 0.05) is 24.7 Å². The molecule has 3 rings (SSSR count). The van der Waals surface area contributed by atoms with Crippen LogP contribution in [-0.4, -0.2) is 65.1 Å². The standard InChI is InChI=1S/C22H26N8O5.ClH/c1-30(11-13-10-25-19-17(26-13)18(23)28-22(24)29-19)14-6-4-12(5-7-14)20(32)27-15(21(33)35-3)8-9-16(31)34-2;/h4-7,10,15H,8-9,11H2,1-3H3,(H,27,32)(H4,23,24,25,28,29);1H/t15-;/m0./s1. The minimum Gasteiger partial charge on any atom is -0.469 e. The number of nitrogens with two attached hydrogens (primary N) is 2. The fourth-order valence-corrected chi connectivity index (χ4v) is 3.26. The summed E-state index contributed by atoms with van der Waals surface area (Å²) in [7, 11) is 4.31. The van der Waals surface area contributed by atoms with Crippen LogP contribution in [0.3, 0.4) is 0 Å². The molecule has 0 aliphatic rings. The highest BCUT2D eigenvalue weighted by molar-refractivity contribution is 5.97. The Kier molecular flexibility index (Phi) is 9.67. The van der Waals surface area contributed by atoms with Crippen molar-refractivity contribution in [3.05, 3.63) is 41.7 Å². The van der Waals surface area contributed by atoms with E-state index in [2.05, 4.69) is 30.0 Å². The Hall–Kier alpha value is -4.26. The fourth-order valence-electron chi connectivity index (χ4n) is 3.26. The van der Waals surface area contributed by atoms with E-state index < -0.39 is 23.9 Å². The first-order chi connectivity index (χ1) is 16.7. The molecule has 1 atom stereocenters. The van der Waals surface area contributed by atoms with E-state index in [9.17, 15) is 14.4 Å². The van der Waals surface area contributed by atoms with Crippen LogP contribution in [0.5, 0.6) is 0 Å². The molecule has 0 saturated heterocycles. The minimum absolute atomic E-state index is 0. The van der Waals surface area contributed by atoms with Gasteiger partial charge in [-0.25, -0.2) is 14.8 Å². The number of hydrogen-bond donors (Lipinski definition) is 3. The third-order valence-corrected chi connectivity index (χ3v) is 5.13. The molecule has 36 heavy (non-hydrogen) atoms. The molecule has 1 amide bonds. The topological polar surface area (TPSA) is 189 Å². The number of fused-ring (bicyclic) bond motifs is 1. The van der Waals surface area contributed by atoms with Crippen molar-refractivity contribution < 1.29 is 23.9 Å². The number of ether oxygens (including phenoxy) is 2. The number of amides is 1. The summed E-state index contributed by atoms with van der Waals surface area (Å²) in [5.41, 5.74) is 13.9. The third kappa shape index (κ3) is 6.88. The highest BCUT2D eigenvalue weighted by Crippen LogP contribution is 2.19. The molecule has 0 fully saturated rings. The molecule has 0 aliphatic heterocycles. The number of nitrogens with zero attached hydrogens (tertiary/aromatic N) is 5. The van der Waals surface area contributed by atoms with E-state index in [1.165, 1.54) is 14.2 Å². The monoisotopic (exact) mass is 518 g/mol. The molecule has 2 aromatic heterocycles. The number of carbonyl (C=O) groups excluding carboxylic acids is 3. The number of methoxy groups -OCH3 is 2. The van der Waals surface area contributed by atoms with Crippen LogP contribution in [0, 0.1) is 0 Å². The average Bonchev–Trinajstić information content (AvgIpc) is 2.86. The smallest absolute Gasteiger partial charge is 0.328 e. The summed E-state index contributed by atoms with van der Waals surface area (Å²) in [6, 6.07) is 5.77. The van der Waals surface area contributed by atoms with Crippen LogP contribution in [0.2, 0.25) is 0 Å². The van der Waals surface area contributed by atoms with Gasteiger partial charge in [0.2, 0.25) is 5.95 Å². The Balaban J connectivity index is 0.00000456. The van der Waals surface area contributed by atoms with Gasteiger partial charge in [-0.2, -0.15) is 9.97 Å². The van der Waals surface area contributed by atoms with Gasteiger partial charge in [-0.3, -0.25) is 9.59 Å². The lowest BCUT2D eigenvalue weighted by Gasteiger charge is -2.20. The van der Waals surface area contributed by atoms with Crippen molar-refractivity contribution in [3.63, 3.8) is 0 Å². The van der Waals surface area contributed by atoms with E-state index in [4.69, 9.17) is 16.2 Å². The zero-order chi connectivity index (χ0) is 25.5. The Morgan fingerprint density at radius 2 is 1.75 bits per heavy atom. The lowest BCUT2D eigenvalue weighted by molar-refractivity contribution is -0.144. The fraction of sp³-hybridized carbons (Fsp3) is 0.318. The van der Waals surface area contributed by atoms with Gasteiger partial charge in [-0.1, -0.05) is 0 Å². The number of benzene rings is 1. The maximum Gasteiger partial charge on any atom is 0.328 e. The van der Waals surface area contributed by atoms with Crippen molar-refractivity contribution >= 4 is 58.9 Å². The molecular weight excluding hydrogens is 492 g/mol. The molecule has 0 radical (unpaired) electrons. The van der Waals surface area contributed by atoms with Gasteiger partial charge in [0.1, 0.15) is 6.04 Å². The second-order valence-electron chi connectivity index (χ2n) is 7.57. The van der Waals surface area contributed by atoms with Crippen molar-refractivity contribution in [2.45, 2.75) is 25.4 Å². The average molecular weight is 519 g/mol. The first-order valence-corrected chi connectivity index (χ1v) is 10.5. The molecule has 0 spiro atoms. The van der Waals surface area contributed by atoms with Crippen LogP contribution in [0.15, 0.2) is 30.5 Å². The van der Waals surface area contributed by atoms with Gasteiger partial charge in [0.25, 0.3) is 5.91 Å². The van der Waals surface area contributed by atoms with Crippen LogP contribution in [0.4, 0.5) is 17.5 Å². The van der Waals surface area contributed by atoms with Gasteiger partial charge in [-0.15, -0.1) is 12.4 Å². The quantitative estimate of drug-likeness (QED) is 0.339. The largest absolute Gasteiger partial charge is 0.469 e. The SMILES string of the molecule is COC(=O)CC[C@H](NC(=O)c1ccc(N(C)Cc2cnc3nc(N)nc(N)c3n2)cc1)C(=O)OC.Cl. The number of carbonyl (C=O) groups is 3. The van der Waals surface area contributed by atoms with Gasteiger partial charge in [0.05, 0.1) is 32.7 Å². The van der Waals surface area contributed by atoms with Crippen molar-refractivity contribution in [2.75, 3.05) is 37.6 Å². The predicted octanol–water partition coefficient (Wildman–Crippen LogP) is 0.867. The van der Waals surface area contributed by atoms with Gasteiger partial charge >= 0.3 is 11.9 Å². The number of nitrogens with one attached hydrogen (secondary N) is 1. The Morgan fingerprint density at radius 3 is 2.39 bits per heavy atom. The van der Waals surface area contributed by atoms with Crippen LogP contribution >= 0.6 is 12.4 Å². The maximum atomic E-state index is 12.6. The minimum atomic E-state index is -0.979. The zero-order valence-corrected chi connectivity index (χ0v) is 20.7. The van der Waals surface area contributed by atoms with Crippen LogP contribution in [-0.2, 0) is 25.6 Å². The van der Waals surface area contributed by atoms with E-state index in [1.54, 1.807) is 30.5 Å². The van der Waals surface area contributed by atoms with Gasteiger partial charge in [-0.05, 0) is 30.7 Å². The summed E-state index contributed by atoms with van der Waals surface area (Å²) in [6.45, 7) is 0.399. The molecule has 1 aromatic carbocycles. The first kappa shape index (κ1) is 28.0. The molecule has 3 aromatic rings. The molecular formula is C22H27ClN8O5. The van der Waals surface area contributed by atoms with E-state index in [-0.39, 0.29) is 37.0 Å². The van der Waals surface area contributed by atoms with E-state index >= 15 is 0 Å². The number of halogens is 1. The number of anilines is 3. The molecule has 0 unspecified atom stereocenters. The van der Waals surface area contributed by atoms with Gasteiger partial charge < -0.3 is 31.2 Å². The number of rotatable bonds is 9. The highest BCUT2D eigenvalue weighted by atomic mass is 35.5. The Bertz CT molecular complexity index is 1240. The summed E-state index contributed by atoms with van der Waals surface area (Å²) in [5, 5.41) is 2.59. The zero-order valence-electron chi connectivity index (χ0n) is 19.9. The molecule has 5 N–H and O–H groups in total. The molecule has 0 bridgehead atoms. The Labute approximate surface area is 213 Å². The molecule has 14 heteroatoms. The van der Waals surface area contributed by atoms with Gasteiger partial charge in [0.15, 0.2) is 17.0 Å². The van der Waals surface area contributed by atoms with Crippen LogP contribution in [0.25, 0.3) is 11.2 Å². The summed E-state index contributed by atoms with van der Waals surface area (Å²) >= 11 is 0. The second kappa shape index (κ2) is 12.4. The van der Waals surface area contributed by atoms with E-state index in [0.717, 1.165) is 5.69 Å². The van der Waals surface area contributed by atoms with Crippen molar-refractivity contribution in [3.8, 4) is 0 Å². The lowest BCUT2D eigenvalue weighted by atomic mass is 10.1. The molecule has 2 heterocycles. The van der Waals surface area contributed by atoms with Crippen LogP contribution in [0.1, 0.15) is 28.9 Å². The molecule has 0 aliphatic carbocycles. The Morgan fingerprint density at radius 1 is 1.06 bits per heavy atom. The van der Waals surface area contributed by atoms with Crippen molar-refractivity contribution in [1.29, 1.82) is 0 Å². The summed E-state index contributed by atoms with van der Waals surface area (Å²) in [4.78, 5) is 54.6. The molecule has 13 nitrogen and oxygen atoms in total. The maximum absolute atomic E-state index is 12.6. The summed E-state index contributed by atoms with van der Waals surface area (Å²) in [6.07, 6.45) is 1.59. The van der Waals surface area contributed by atoms with E-state index in [1.807, 2.05) is 11.9 Å². The number of esters is 2. The number of nitrogen functional groups attached to an aromatic ring is 2. The normalized spacial score (nSPS) is 11.2. The predicted molar refractivity (Wildman–Crippen MR) is 134 cm³/mol. The number of hydrogen-bond acceptors (Lipinski definition) is 12.